The molecule has 5 aromatic rings. The third-order valence-corrected chi connectivity index (χ3v) is 6.11. The molecular weight excluding hydrogens is 432 g/mol. The van der Waals surface area contributed by atoms with Gasteiger partial charge in [0, 0.05) is 55.2 Å². The molecule has 0 unspecified atom stereocenters. The summed E-state index contributed by atoms with van der Waals surface area (Å²) in [6, 6.07) is 9.65. The molecule has 0 saturated carbocycles. The van der Waals surface area contributed by atoms with Crippen molar-refractivity contribution in [3.8, 4) is 0 Å². The monoisotopic (exact) mass is 452 g/mol. The number of para-hydroxylation sites is 1. The summed E-state index contributed by atoms with van der Waals surface area (Å²) in [6.07, 6.45) is 9.89. The van der Waals surface area contributed by atoms with Gasteiger partial charge in [0.05, 0.1) is 29.1 Å². The molecule has 10 heteroatoms. The normalized spacial score (nSPS) is 14.0. The number of aryl methyl sites for hydroxylation is 3. The molecule has 168 valence electrons. The van der Waals surface area contributed by atoms with Crippen molar-refractivity contribution in [1.29, 1.82) is 0 Å². The van der Waals surface area contributed by atoms with Crippen LogP contribution in [0.2, 0.25) is 0 Å². The van der Waals surface area contributed by atoms with Gasteiger partial charge in [-0.3, -0.25) is 14.9 Å². The molecule has 0 saturated heterocycles. The highest BCUT2D eigenvalue weighted by atomic mass is 16.2. The number of imide groups is 1. The van der Waals surface area contributed by atoms with E-state index in [9.17, 15) is 9.59 Å². The number of carbonyl (C=O) groups is 2. The lowest BCUT2D eigenvalue weighted by Gasteiger charge is -2.06. The number of imidazole rings is 1. The fraction of sp³-hybridized carbons (Fsp3) is 0.167. The summed E-state index contributed by atoms with van der Waals surface area (Å²) in [5.41, 5.74) is 3.24. The molecule has 2 amide bonds. The predicted molar refractivity (Wildman–Crippen MR) is 125 cm³/mol. The Morgan fingerprint density at radius 3 is 2.68 bits per heavy atom. The molecule has 0 atom stereocenters. The van der Waals surface area contributed by atoms with Crippen LogP contribution in [-0.4, -0.2) is 45.9 Å². The molecule has 6 rings (SSSR count). The Bertz CT molecular complexity index is 1610. The minimum Gasteiger partial charge on any atom is -0.347 e. The fourth-order valence-corrected chi connectivity index (χ4v) is 4.60. The third-order valence-electron chi connectivity index (χ3n) is 6.11. The summed E-state index contributed by atoms with van der Waals surface area (Å²) in [7, 11) is 1.74. The van der Waals surface area contributed by atoms with Crippen molar-refractivity contribution >= 4 is 44.9 Å². The number of nitrogens with one attached hydrogen (secondary N) is 1. The molecule has 4 aromatic heterocycles. The van der Waals surface area contributed by atoms with E-state index in [2.05, 4.69) is 30.2 Å². The van der Waals surface area contributed by atoms with Crippen LogP contribution in [0.4, 0.5) is 0 Å². The zero-order chi connectivity index (χ0) is 23.2. The van der Waals surface area contributed by atoms with Gasteiger partial charge >= 0.3 is 0 Å². The quantitative estimate of drug-likeness (QED) is 0.395. The smallest absolute Gasteiger partial charge is 0.261 e. The standard InChI is InChI=1S/C24H20N8O2/c1-30-22-16(7-8-26-28-22)21(29-30)20-19(23(33)27-24(20)34)17-13-32(18-6-3-2-5-15(17)18)11-4-10-31-12-9-25-14-31/h2-3,5-9,12-14H,4,10-11H2,1H3,(H,27,33,34). The van der Waals surface area contributed by atoms with Crippen molar-refractivity contribution < 1.29 is 9.59 Å². The van der Waals surface area contributed by atoms with E-state index >= 15 is 0 Å². The Kier molecular flexibility index (Phi) is 4.58. The molecule has 1 N–H and O–H groups in total. The van der Waals surface area contributed by atoms with Crippen LogP contribution in [0.25, 0.3) is 33.1 Å². The van der Waals surface area contributed by atoms with Crippen LogP contribution >= 0.6 is 0 Å². The van der Waals surface area contributed by atoms with Gasteiger partial charge in [0.25, 0.3) is 11.8 Å². The van der Waals surface area contributed by atoms with Gasteiger partial charge in [0.2, 0.25) is 0 Å². The number of carbonyl (C=O) groups excluding carboxylic acids is 2. The van der Waals surface area contributed by atoms with Crippen molar-refractivity contribution in [2.75, 3.05) is 0 Å². The highest BCUT2D eigenvalue weighted by Gasteiger charge is 2.36. The third kappa shape index (κ3) is 3.11. The van der Waals surface area contributed by atoms with Gasteiger partial charge in [-0.1, -0.05) is 18.2 Å². The van der Waals surface area contributed by atoms with Gasteiger partial charge in [-0.25, -0.2) is 9.67 Å². The molecule has 0 fully saturated rings. The van der Waals surface area contributed by atoms with Crippen LogP contribution in [0.15, 0.2) is 61.4 Å². The second-order valence-electron chi connectivity index (χ2n) is 8.18. The van der Waals surface area contributed by atoms with Crippen molar-refractivity contribution in [3.05, 3.63) is 72.7 Å². The lowest BCUT2D eigenvalue weighted by Crippen LogP contribution is -2.22. The maximum atomic E-state index is 13.1. The second kappa shape index (κ2) is 7.77. The van der Waals surface area contributed by atoms with Gasteiger partial charge in [-0.2, -0.15) is 10.2 Å². The van der Waals surface area contributed by atoms with Crippen molar-refractivity contribution in [2.45, 2.75) is 19.5 Å². The first-order chi connectivity index (χ1) is 16.6. The first-order valence-corrected chi connectivity index (χ1v) is 10.9. The summed E-state index contributed by atoms with van der Waals surface area (Å²) < 4.78 is 5.73. The highest BCUT2D eigenvalue weighted by Crippen LogP contribution is 2.37. The maximum absolute atomic E-state index is 13.1. The molecule has 10 nitrogen and oxygen atoms in total. The van der Waals surface area contributed by atoms with Crippen LogP contribution in [-0.2, 0) is 29.7 Å². The lowest BCUT2D eigenvalue weighted by atomic mass is 9.98. The van der Waals surface area contributed by atoms with Crippen molar-refractivity contribution in [3.63, 3.8) is 0 Å². The van der Waals surface area contributed by atoms with E-state index in [-0.39, 0.29) is 5.57 Å². The molecular formula is C24H20N8O2. The van der Waals surface area contributed by atoms with E-state index in [4.69, 9.17) is 0 Å². The summed E-state index contributed by atoms with van der Waals surface area (Å²) in [4.78, 5) is 30.1. The zero-order valence-corrected chi connectivity index (χ0v) is 18.3. The summed E-state index contributed by atoms with van der Waals surface area (Å²) >= 11 is 0. The molecule has 1 aliphatic heterocycles. The highest BCUT2D eigenvalue weighted by molar-refractivity contribution is 6.50. The van der Waals surface area contributed by atoms with Gasteiger partial charge in [-0.05, 0) is 18.6 Å². The fourth-order valence-electron chi connectivity index (χ4n) is 4.60. The van der Waals surface area contributed by atoms with Gasteiger partial charge in [0.1, 0.15) is 5.69 Å². The van der Waals surface area contributed by atoms with Crippen LogP contribution in [0, 0.1) is 0 Å². The van der Waals surface area contributed by atoms with Gasteiger partial charge in [0.15, 0.2) is 5.65 Å². The molecule has 1 aliphatic rings. The average Bonchev–Trinajstić information content (AvgIpc) is 3.61. The molecule has 0 bridgehead atoms. The topological polar surface area (TPSA) is 113 Å². The SMILES string of the molecule is Cn1nc(C2=C(c3cn(CCCn4ccnc4)c4ccccc34)C(=O)NC2=O)c2ccnnc21. The predicted octanol–water partition coefficient (Wildman–Crippen LogP) is 2.17. The maximum Gasteiger partial charge on any atom is 0.261 e. The Hall–Kier alpha value is -4.60. The number of benzene rings is 1. The molecule has 34 heavy (non-hydrogen) atoms. The zero-order valence-electron chi connectivity index (χ0n) is 18.3. The Labute approximate surface area is 193 Å². The molecule has 1 aromatic carbocycles. The molecule has 0 radical (unpaired) electrons. The number of rotatable bonds is 6. The van der Waals surface area contributed by atoms with Crippen molar-refractivity contribution in [1.82, 2.24) is 39.4 Å². The van der Waals surface area contributed by atoms with E-state index in [1.165, 1.54) is 0 Å². The average molecular weight is 452 g/mol. The van der Waals surface area contributed by atoms with Gasteiger partial charge < -0.3 is 9.13 Å². The van der Waals surface area contributed by atoms with Crippen LogP contribution in [0.5, 0.6) is 0 Å². The number of hydrogen-bond acceptors (Lipinski definition) is 6. The van der Waals surface area contributed by atoms with Crippen LogP contribution in [0.1, 0.15) is 17.7 Å². The van der Waals surface area contributed by atoms with E-state index in [0.29, 0.717) is 27.9 Å². The Morgan fingerprint density at radius 1 is 0.971 bits per heavy atom. The van der Waals surface area contributed by atoms with E-state index in [1.807, 2.05) is 41.2 Å². The number of aromatic nitrogens is 7. The van der Waals surface area contributed by atoms with E-state index in [1.54, 1.807) is 36.5 Å². The molecule has 0 aliphatic carbocycles. The molecule has 0 spiro atoms. The minimum atomic E-state index is -0.464. The van der Waals surface area contributed by atoms with E-state index in [0.717, 1.165) is 30.4 Å². The second-order valence-corrected chi connectivity index (χ2v) is 8.18. The van der Waals surface area contributed by atoms with Crippen LogP contribution < -0.4 is 5.32 Å². The summed E-state index contributed by atoms with van der Waals surface area (Å²) in [6.45, 7) is 1.58. The lowest BCUT2D eigenvalue weighted by molar-refractivity contribution is -0.122. The largest absolute Gasteiger partial charge is 0.347 e. The number of hydrogen-bond donors (Lipinski definition) is 1. The number of fused-ring (bicyclic) bond motifs is 2. The number of nitrogens with zero attached hydrogens (tertiary/aromatic N) is 7. The first-order valence-electron chi connectivity index (χ1n) is 10.9. The van der Waals surface area contributed by atoms with Crippen molar-refractivity contribution in [2.24, 2.45) is 7.05 Å². The van der Waals surface area contributed by atoms with Gasteiger partial charge in [-0.15, -0.1) is 5.10 Å². The Morgan fingerprint density at radius 2 is 1.82 bits per heavy atom. The first kappa shape index (κ1) is 20.0. The van der Waals surface area contributed by atoms with E-state index < -0.39 is 11.8 Å². The minimum absolute atomic E-state index is 0.255. The molecule has 5 heterocycles. The summed E-state index contributed by atoms with van der Waals surface area (Å²) in [5, 5.41) is 16.6. The summed E-state index contributed by atoms with van der Waals surface area (Å²) in [5.74, 6) is -0.893. The Balaban J connectivity index is 1.50. The van der Waals surface area contributed by atoms with Crippen LogP contribution in [0.3, 0.4) is 0 Å². The number of amides is 2.